The Balaban J connectivity index is 2.43. The topological polar surface area (TPSA) is 55.4 Å². The molecule has 1 aromatic rings. The molecule has 0 aliphatic carbocycles. The van der Waals surface area contributed by atoms with E-state index >= 15 is 0 Å². The van der Waals surface area contributed by atoms with Gasteiger partial charge in [-0.05, 0) is 24.1 Å². The van der Waals surface area contributed by atoms with E-state index < -0.39 is 10.0 Å². The second-order valence-corrected chi connectivity index (χ2v) is 6.12. The maximum absolute atomic E-state index is 11.7. The molecule has 4 nitrogen and oxygen atoms in total. The van der Waals surface area contributed by atoms with Crippen molar-refractivity contribution in [3.8, 4) is 5.75 Å². The third-order valence-electron chi connectivity index (χ3n) is 2.67. The fraction of sp³-hybridized carbons (Fsp3) is 0.538. The molecule has 0 aliphatic rings. The fourth-order valence-electron chi connectivity index (χ4n) is 1.55. The summed E-state index contributed by atoms with van der Waals surface area (Å²) in [6.07, 6.45) is 2.69. The van der Waals surface area contributed by atoms with Crippen molar-refractivity contribution in [2.45, 2.75) is 32.7 Å². The van der Waals surface area contributed by atoms with Gasteiger partial charge in [0, 0.05) is 6.54 Å². The summed E-state index contributed by atoms with van der Waals surface area (Å²) in [6, 6.07) is 7.35. The number of rotatable bonds is 8. The summed E-state index contributed by atoms with van der Waals surface area (Å²) >= 11 is 0. The van der Waals surface area contributed by atoms with Gasteiger partial charge in [-0.3, -0.25) is 0 Å². The van der Waals surface area contributed by atoms with Crippen molar-refractivity contribution in [3.63, 3.8) is 0 Å². The smallest absolute Gasteiger partial charge is 0.211 e. The monoisotopic (exact) mass is 271 g/mol. The zero-order valence-electron chi connectivity index (χ0n) is 11.0. The molecule has 0 heterocycles. The molecule has 5 heteroatoms. The molecule has 0 radical (unpaired) electrons. The van der Waals surface area contributed by atoms with Gasteiger partial charge in [-0.1, -0.05) is 31.9 Å². The highest BCUT2D eigenvalue weighted by atomic mass is 32.2. The summed E-state index contributed by atoms with van der Waals surface area (Å²) in [5.74, 6) is 0.973. The van der Waals surface area contributed by atoms with Gasteiger partial charge in [0.1, 0.15) is 5.75 Å². The maximum Gasteiger partial charge on any atom is 0.211 e. The largest absolute Gasteiger partial charge is 0.497 e. The maximum atomic E-state index is 11.7. The molecule has 0 aliphatic heterocycles. The third kappa shape index (κ3) is 5.51. The average Bonchev–Trinajstić information content (AvgIpc) is 2.37. The molecule has 0 atom stereocenters. The van der Waals surface area contributed by atoms with E-state index in [0.29, 0.717) is 13.0 Å². The minimum absolute atomic E-state index is 0.205. The van der Waals surface area contributed by atoms with Crippen LogP contribution in [0.3, 0.4) is 0 Å². The lowest BCUT2D eigenvalue weighted by Crippen LogP contribution is -2.25. The number of benzene rings is 1. The van der Waals surface area contributed by atoms with E-state index in [1.165, 1.54) is 0 Å². The molecule has 0 spiro atoms. The van der Waals surface area contributed by atoms with Crippen molar-refractivity contribution in [1.82, 2.24) is 4.72 Å². The Morgan fingerprint density at radius 3 is 2.39 bits per heavy atom. The van der Waals surface area contributed by atoms with Gasteiger partial charge in [0.05, 0.1) is 12.9 Å². The van der Waals surface area contributed by atoms with Gasteiger partial charge in [0.15, 0.2) is 0 Å². The van der Waals surface area contributed by atoms with Crippen LogP contribution in [0.15, 0.2) is 24.3 Å². The molecule has 18 heavy (non-hydrogen) atoms. The molecular formula is C13H21NO3S. The van der Waals surface area contributed by atoms with Crippen molar-refractivity contribution in [3.05, 3.63) is 29.8 Å². The van der Waals surface area contributed by atoms with E-state index in [2.05, 4.69) is 11.6 Å². The van der Waals surface area contributed by atoms with Gasteiger partial charge in [-0.2, -0.15) is 0 Å². The van der Waals surface area contributed by atoms with Crippen molar-refractivity contribution in [2.75, 3.05) is 12.9 Å². The first-order chi connectivity index (χ1) is 8.57. The van der Waals surface area contributed by atoms with Crippen LogP contribution >= 0.6 is 0 Å². The van der Waals surface area contributed by atoms with Crippen molar-refractivity contribution >= 4 is 10.0 Å². The van der Waals surface area contributed by atoms with E-state index in [4.69, 9.17) is 4.74 Å². The second kappa shape index (κ2) is 7.38. The third-order valence-corrected chi connectivity index (χ3v) is 4.08. The van der Waals surface area contributed by atoms with Crippen LogP contribution in [0.25, 0.3) is 0 Å². The predicted molar refractivity (Wildman–Crippen MR) is 73.1 cm³/mol. The van der Waals surface area contributed by atoms with Crippen LogP contribution in [-0.2, 0) is 16.6 Å². The number of hydrogen-bond acceptors (Lipinski definition) is 3. The SMILES string of the molecule is CCCCCS(=O)(=O)NCc1ccc(OC)cc1. The molecule has 102 valence electrons. The highest BCUT2D eigenvalue weighted by molar-refractivity contribution is 7.89. The highest BCUT2D eigenvalue weighted by Gasteiger charge is 2.08. The Labute approximate surface area is 109 Å². The highest BCUT2D eigenvalue weighted by Crippen LogP contribution is 2.11. The molecule has 0 unspecified atom stereocenters. The molecule has 0 amide bonds. The van der Waals surface area contributed by atoms with Crippen molar-refractivity contribution in [2.24, 2.45) is 0 Å². The minimum atomic E-state index is -3.15. The Kier molecular flexibility index (Phi) is 6.15. The number of sulfonamides is 1. The minimum Gasteiger partial charge on any atom is -0.497 e. The summed E-state index contributed by atoms with van der Waals surface area (Å²) in [5.41, 5.74) is 0.926. The second-order valence-electron chi connectivity index (χ2n) is 4.20. The Morgan fingerprint density at radius 1 is 1.17 bits per heavy atom. The lowest BCUT2D eigenvalue weighted by Gasteiger charge is -2.07. The summed E-state index contributed by atoms with van der Waals surface area (Å²) in [4.78, 5) is 0. The fourth-order valence-corrected chi connectivity index (χ4v) is 2.67. The van der Waals surface area contributed by atoms with Crippen LogP contribution in [0.4, 0.5) is 0 Å². The zero-order chi connectivity index (χ0) is 13.4. The van der Waals surface area contributed by atoms with Gasteiger partial charge < -0.3 is 4.74 Å². The van der Waals surface area contributed by atoms with E-state index in [1.54, 1.807) is 7.11 Å². The van der Waals surface area contributed by atoms with Crippen LogP contribution in [-0.4, -0.2) is 21.3 Å². The van der Waals surface area contributed by atoms with E-state index in [0.717, 1.165) is 24.2 Å². The van der Waals surface area contributed by atoms with E-state index in [1.807, 2.05) is 24.3 Å². The Hall–Kier alpha value is -1.07. The average molecular weight is 271 g/mol. The van der Waals surface area contributed by atoms with Gasteiger partial charge in [-0.15, -0.1) is 0 Å². The first-order valence-electron chi connectivity index (χ1n) is 6.17. The lowest BCUT2D eigenvalue weighted by molar-refractivity contribution is 0.414. The summed E-state index contributed by atoms with van der Waals surface area (Å²) in [6.45, 7) is 2.38. The van der Waals surface area contributed by atoms with Crippen molar-refractivity contribution in [1.29, 1.82) is 0 Å². The van der Waals surface area contributed by atoms with E-state index in [-0.39, 0.29) is 5.75 Å². The molecule has 0 saturated carbocycles. The summed E-state index contributed by atoms with van der Waals surface area (Å²) in [5, 5.41) is 0. The standard InChI is InChI=1S/C13H21NO3S/c1-3-4-5-10-18(15,16)14-11-12-6-8-13(17-2)9-7-12/h6-9,14H,3-5,10-11H2,1-2H3. The van der Waals surface area contributed by atoms with Crippen LogP contribution in [0.5, 0.6) is 5.75 Å². The van der Waals surface area contributed by atoms with Crippen LogP contribution in [0.2, 0.25) is 0 Å². The molecule has 1 N–H and O–H groups in total. The number of hydrogen-bond donors (Lipinski definition) is 1. The lowest BCUT2D eigenvalue weighted by atomic mass is 10.2. The normalized spacial score (nSPS) is 11.4. The summed E-state index contributed by atoms with van der Waals surface area (Å²) in [7, 11) is -1.55. The number of unbranched alkanes of at least 4 members (excludes halogenated alkanes) is 2. The first kappa shape index (κ1) is 15.0. The van der Waals surface area contributed by atoms with Gasteiger partial charge >= 0.3 is 0 Å². The van der Waals surface area contributed by atoms with Gasteiger partial charge in [-0.25, -0.2) is 13.1 Å². The molecule has 0 aromatic heterocycles. The van der Waals surface area contributed by atoms with Crippen LogP contribution in [0.1, 0.15) is 31.7 Å². The molecule has 0 fully saturated rings. The predicted octanol–water partition coefficient (Wildman–Crippen LogP) is 2.30. The number of ether oxygens (including phenoxy) is 1. The Bertz CT molecular complexity index is 440. The summed E-state index contributed by atoms with van der Waals surface area (Å²) < 4.78 is 31.0. The number of methoxy groups -OCH3 is 1. The van der Waals surface area contributed by atoms with Gasteiger partial charge in [0.25, 0.3) is 0 Å². The first-order valence-corrected chi connectivity index (χ1v) is 7.83. The van der Waals surface area contributed by atoms with Crippen molar-refractivity contribution < 1.29 is 13.2 Å². The Morgan fingerprint density at radius 2 is 1.83 bits per heavy atom. The van der Waals surface area contributed by atoms with Crippen LogP contribution < -0.4 is 9.46 Å². The zero-order valence-corrected chi connectivity index (χ0v) is 11.8. The molecule has 0 saturated heterocycles. The molecule has 1 aromatic carbocycles. The van der Waals surface area contributed by atoms with Gasteiger partial charge in [0.2, 0.25) is 10.0 Å². The molecule has 0 bridgehead atoms. The molecular weight excluding hydrogens is 250 g/mol. The van der Waals surface area contributed by atoms with Crippen LogP contribution in [0, 0.1) is 0 Å². The molecule has 1 rings (SSSR count). The number of nitrogens with one attached hydrogen (secondary N) is 1. The quantitative estimate of drug-likeness (QED) is 0.738. The van der Waals surface area contributed by atoms with E-state index in [9.17, 15) is 8.42 Å².